The molecule has 0 bridgehead atoms. The number of anilines is 1. The van der Waals surface area contributed by atoms with Crippen LogP contribution in [0.1, 0.15) is 23.4 Å². The fourth-order valence-electron chi connectivity index (χ4n) is 3.21. The SMILES string of the molecule is Cn1nc2c(c1NC(=O)C1CC(=O)N(Cc3ccco3)C1)CSC2. The molecule has 4 heterocycles. The molecule has 2 aromatic rings. The Kier molecular flexibility index (Phi) is 3.84. The average molecular weight is 346 g/mol. The predicted molar refractivity (Wildman–Crippen MR) is 89.1 cm³/mol. The van der Waals surface area contributed by atoms with Crippen molar-refractivity contribution in [3.8, 4) is 0 Å². The first-order valence-electron chi connectivity index (χ1n) is 7.85. The van der Waals surface area contributed by atoms with Gasteiger partial charge in [0, 0.05) is 37.1 Å². The molecule has 2 aliphatic heterocycles. The molecule has 1 N–H and O–H groups in total. The standard InChI is InChI=1S/C16H18N4O3S/c1-19-15(12-8-24-9-13(12)18-19)17-16(22)10-5-14(21)20(6-10)7-11-3-2-4-23-11/h2-4,10H,5-9H2,1H3,(H,17,22). The number of fused-ring (bicyclic) bond motifs is 1. The number of thioether (sulfide) groups is 1. The number of rotatable bonds is 4. The first kappa shape index (κ1) is 15.3. The van der Waals surface area contributed by atoms with Crippen LogP contribution in [0.4, 0.5) is 5.82 Å². The van der Waals surface area contributed by atoms with E-state index in [2.05, 4.69) is 10.4 Å². The molecule has 1 saturated heterocycles. The Labute approximate surface area is 143 Å². The lowest BCUT2D eigenvalue weighted by Gasteiger charge is -2.15. The van der Waals surface area contributed by atoms with Gasteiger partial charge >= 0.3 is 0 Å². The van der Waals surface area contributed by atoms with Crippen molar-refractivity contribution in [2.75, 3.05) is 11.9 Å². The van der Waals surface area contributed by atoms with Gasteiger partial charge < -0.3 is 14.6 Å². The molecule has 8 heteroatoms. The highest BCUT2D eigenvalue weighted by molar-refractivity contribution is 7.98. The molecular formula is C16H18N4O3S. The van der Waals surface area contributed by atoms with Gasteiger partial charge in [0.05, 0.1) is 24.4 Å². The highest BCUT2D eigenvalue weighted by Gasteiger charge is 2.35. The highest BCUT2D eigenvalue weighted by Crippen LogP contribution is 2.34. The van der Waals surface area contributed by atoms with Crippen molar-refractivity contribution in [2.45, 2.75) is 24.5 Å². The van der Waals surface area contributed by atoms with Gasteiger partial charge in [0.1, 0.15) is 11.6 Å². The normalized spacial score (nSPS) is 19.8. The third-order valence-corrected chi connectivity index (χ3v) is 5.44. The second-order valence-electron chi connectivity index (χ2n) is 6.13. The van der Waals surface area contributed by atoms with Crippen LogP contribution >= 0.6 is 11.8 Å². The molecule has 2 aliphatic rings. The Morgan fingerprint density at radius 3 is 3.17 bits per heavy atom. The molecule has 126 valence electrons. The van der Waals surface area contributed by atoms with Gasteiger partial charge in [-0.3, -0.25) is 14.3 Å². The quantitative estimate of drug-likeness (QED) is 0.912. The Morgan fingerprint density at radius 2 is 2.38 bits per heavy atom. The number of amides is 2. The molecule has 0 aliphatic carbocycles. The van der Waals surface area contributed by atoms with Crippen LogP contribution in [0, 0.1) is 5.92 Å². The molecule has 7 nitrogen and oxygen atoms in total. The first-order chi connectivity index (χ1) is 11.6. The number of hydrogen-bond acceptors (Lipinski definition) is 5. The Balaban J connectivity index is 1.43. The van der Waals surface area contributed by atoms with Gasteiger partial charge in [0.2, 0.25) is 11.8 Å². The fourth-order valence-corrected chi connectivity index (χ4v) is 4.24. The number of likely N-dealkylation sites (tertiary alicyclic amines) is 1. The molecule has 1 unspecified atom stereocenters. The number of aryl methyl sites for hydroxylation is 1. The van der Waals surface area contributed by atoms with Crippen LogP contribution in [0.25, 0.3) is 0 Å². The van der Waals surface area contributed by atoms with E-state index in [4.69, 9.17) is 4.42 Å². The molecule has 24 heavy (non-hydrogen) atoms. The number of hydrogen-bond donors (Lipinski definition) is 1. The summed E-state index contributed by atoms with van der Waals surface area (Å²) in [6.07, 6.45) is 1.82. The molecule has 0 saturated carbocycles. The summed E-state index contributed by atoms with van der Waals surface area (Å²) < 4.78 is 7.00. The summed E-state index contributed by atoms with van der Waals surface area (Å²) in [7, 11) is 1.83. The highest BCUT2D eigenvalue weighted by atomic mass is 32.2. The topological polar surface area (TPSA) is 80.4 Å². The Bertz CT molecular complexity index is 784. The smallest absolute Gasteiger partial charge is 0.230 e. The van der Waals surface area contributed by atoms with Gasteiger partial charge in [-0.05, 0) is 12.1 Å². The number of aromatic nitrogens is 2. The summed E-state index contributed by atoms with van der Waals surface area (Å²) in [5.41, 5.74) is 2.15. The lowest BCUT2D eigenvalue weighted by Crippen LogP contribution is -2.28. The van der Waals surface area contributed by atoms with Crippen molar-refractivity contribution in [1.82, 2.24) is 14.7 Å². The summed E-state index contributed by atoms with van der Waals surface area (Å²) in [4.78, 5) is 26.4. The molecule has 1 fully saturated rings. The van der Waals surface area contributed by atoms with Crippen LogP contribution in [0.15, 0.2) is 22.8 Å². The minimum atomic E-state index is -0.341. The summed E-state index contributed by atoms with van der Waals surface area (Å²) in [6, 6.07) is 3.62. The Morgan fingerprint density at radius 1 is 1.50 bits per heavy atom. The molecule has 2 aromatic heterocycles. The van der Waals surface area contributed by atoms with Crippen LogP contribution in [0.2, 0.25) is 0 Å². The number of carbonyl (C=O) groups excluding carboxylic acids is 2. The minimum Gasteiger partial charge on any atom is -0.467 e. The van der Waals surface area contributed by atoms with E-state index >= 15 is 0 Å². The zero-order chi connectivity index (χ0) is 16.7. The van der Waals surface area contributed by atoms with E-state index in [9.17, 15) is 9.59 Å². The average Bonchev–Trinajstić information content (AvgIpc) is 3.30. The largest absolute Gasteiger partial charge is 0.467 e. The van der Waals surface area contributed by atoms with E-state index < -0.39 is 0 Å². The van der Waals surface area contributed by atoms with Crippen LogP contribution in [0.5, 0.6) is 0 Å². The summed E-state index contributed by atoms with van der Waals surface area (Å²) in [6.45, 7) is 0.827. The van der Waals surface area contributed by atoms with Crippen molar-refractivity contribution >= 4 is 29.4 Å². The molecular weight excluding hydrogens is 328 g/mol. The number of nitrogens with one attached hydrogen (secondary N) is 1. The van der Waals surface area contributed by atoms with Crippen LogP contribution < -0.4 is 5.32 Å². The monoisotopic (exact) mass is 346 g/mol. The summed E-state index contributed by atoms with van der Waals surface area (Å²) in [5, 5.41) is 7.42. The summed E-state index contributed by atoms with van der Waals surface area (Å²) >= 11 is 1.79. The lowest BCUT2D eigenvalue weighted by atomic mass is 10.1. The van der Waals surface area contributed by atoms with Crippen LogP contribution in [0.3, 0.4) is 0 Å². The van der Waals surface area contributed by atoms with E-state index in [0.717, 1.165) is 34.3 Å². The second kappa shape index (κ2) is 6.01. The maximum atomic E-state index is 12.6. The van der Waals surface area contributed by atoms with E-state index in [0.29, 0.717) is 13.1 Å². The van der Waals surface area contributed by atoms with Gasteiger partial charge in [-0.1, -0.05) is 0 Å². The third kappa shape index (κ3) is 2.71. The molecule has 2 amide bonds. The molecule has 0 radical (unpaired) electrons. The van der Waals surface area contributed by atoms with Crippen molar-refractivity contribution in [3.05, 3.63) is 35.4 Å². The van der Waals surface area contributed by atoms with Gasteiger partial charge in [-0.25, -0.2) is 0 Å². The number of nitrogens with zero attached hydrogens (tertiary/aromatic N) is 3. The fraction of sp³-hybridized carbons (Fsp3) is 0.438. The Hall–Kier alpha value is -2.22. The first-order valence-corrected chi connectivity index (χ1v) is 9.01. The van der Waals surface area contributed by atoms with E-state index in [1.807, 2.05) is 13.1 Å². The van der Waals surface area contributed by atoms with Gasteiger partial charge in [-0.15, -0.1) is 0 Å². The maximum absolute atomic E-state index is 12.6. The number of carbonyl (C=O) groups is 2. The van der Waals surface area contributed by atoms with Gasteiger partial charge in [0.15, 0.2) is 0 Å². The third-order valence-electron chi connectivity index (χ3n) is 4.47. The molecule has 0 spiro atoms. The van der Waals surface area contributed by atoms with Gasteiger partial charge in [-0.2, -0.15) is 16.9 Å². The maximum Gasteiger partial charge on any atom is 0.230 e. The molecule has 0 aromatic carbocycles. The van der Waals surface area contributed by atoms with Crippen molar-refractivity contribution in [2.24, 2.45) is 13.0 Å². The second-order valence-corrected chi connectivity index (χ2v) is 7.12. The molecule has 1 atom stereocenters. The van der Waals surface area contributed by atoms with Crippen molar-refractivity contribution in [1.29, 1.82) is 0 Å². The number of furan rings is 1. The zero-order valence-electron chi connectivity index (χ0n) is 13.3. The van der Waals surface area contributed by atoms with Crippen LogP contribution in [-0.2, 0) is 34.7 Å². The minimum absolute atomic E-state index is 0.0164. The summed E-state index contributed by atoms with van der Waals surface area (Å²) in [5.74, 6) is 2.77. The van der Waals surface area contributed by atoms with Crippen LogP contribution in [-0.4, -0.2) is 33.0 Å². The van der Waals surface area contributed by atoms with E-state index in [1.165, 1.54) is 0 Å². The van der Waals surface area contributed by atoms with E-state index in [-0.39, 0.29) is 24.2 Å². The van der Waals surface area contributed by atoms with Gasteiger partial charge in [0.25, 0.3) is 0 Å². The van der Waals surface area contributed by atoms with Crippen molar-refractivity contribution < 1.29 is 14.0 Å². The predicted octanol–water partition coefficient (Wildman–Crippen LogP) is 1.75. The van der Waals surface area contributed by atoms with E-state index in [1.54, 1.807) is 33.7 Å². The zero-order valence-corrected chi connectivity index (χ0v) is 14.1. The lowest BCUT2D eigenvalue weighted by molar-refractivity contribution is -0.128. The van der Waals surface area contributed by atoms with Crippen molar-refractivity contribution in [3.63, 3.8) is 0 Å². The molecule has 4 rings (SSSR count).